The molecule has 0 saturated heterocycles. The number of carbonyl (C=O) groups excluding carboxylic acids is 1. The maximum absolute atomic E-state index is 12.9. The van der Waals surface area contributed by atoms with Crippen LogP contribution in [0.15, 0.2) is 33.9 Å². The van der Waals surface area contributed by atoms with Crippen molar-refractivity contribution in [3.05, 3.63) is 50.3 Å². The van der Waals surface area contributed by atoms with Crippen LogP contribution < -0.4 is 32.0 Å². The van der Waals surface area contributed by atoms with Crippen LogP contribution in [0.3, 0.4) is 0 Å². The number of carbonyl (C=O) groups is 2. The van der Waals surface area contributed by atoms with Crippen LogP contribution in [0, 0.1) is 5.41 Å². The van der Waals surface area contributed by atoms with Crippen molar-refractivity contribution < 1.29 is 19.4 Å². The minimum Gasteiger partial charge on any atom is -0.488 e. The number of hydrogen-bond acceptors (Lipinski definition) is 7. The minimum absolute atomic E-state index is 0.00628. The van der Waals surface area contributed by atoms with E-state index in [9.17, 15) is 24.3 Å². The molecule has 0 aliphatic carbocycles. The summed E-state index contributed by atoms with van der Waals surface area (Å²) in [6.07, 6.45) is 1.47. The van der Waals surface area contributed by atoms with Gasteiger partial charge in [0.25, 0.3) is 16.8 Å². The first-order valence-electron chi connectivity index (χ1n) is 10.6. The molecule has 1 amide bonds. The summed E-state index contributed by atoms with van der Waals surface area (Å²) in [6, 6.07) is 6.16. The first kappa shape index (κ1) is 25.1. The largest absolute Gasteiger partial charge is 0.488 e. The van der Waals surface area contributed by atoms with Crippen LogP contribution in [0.25, 0.3) is 0 Å². The number of amides is 1. The van der Waals surface area contributed by atoms with Gasteiger partial charge >= 0.3 is 5.97 Å². The predicted molar refractivity (Wildman–Crippen MR) is 122 cm³/mol. The summed E-state index contributed by atoms with van der Waals surface area (Å²) in [4.78, 5) is 48.5. The Morgan fingerprint density at radius 1 is 1.06 bits per heavy atom. The summed E-state index contributed by atoms with van der Waals surface area (Å²) in [5, 5.41) is 15.6. The Morgan fingerprint density at radius 2 is 1.69 bits per heavy atom. The number of nitrogens with one attached hydrogen (secondary N) is 2. The van der Waals surface area contributed by atoms with Gasteiger partial charge in [0.15, 0.2) is 5.75 Å². The average Bonchev–Trinajstić information content (AvgIpc) is 2.74. The van der Waals surface area contributed by atoms with Crippen molar-refractivity contribution in [3.8, 4) is 5.75 Å². The molecule has 0 saturated carbocycles. The van der Waals surface area contributed by atoms with Gasteiger partial charge in [-0.1, -0.05) is 20.8 Å². The third-order valence-electron chi connectivity index (χ3n) is 5.55. The molecule has 0 unspecified atom stereocenters. The van der Waals surface area contributed by atoms with E-state index in [-0.39, 0.29) is 30.0 Å². The third-order valence-corrected chi connectivity index (χ3v) is 5.55. The van der Waals surface area contributed by atoms with Crippen molar-refractivity contribution in [1.29, 1.82) is 0 Å². The van der Waals surface area contributed by atoms with E-state index in [1.807, 2.05) is 0 Å². The smallest absolute Gasteiger partial charge is 0.329 e. The van der Waals surface area contributed by atoms with Crippen LogP contribution in [-0.4, -0.2) is 35.7 Å². The molecule has 0 aromatic heterocycles. The number of unbranched alkanes of at least 4 members (excludes halogenated alkanes) is 1. The summed E-state index contributed by atoms with van der Waals surface area (Å²) < 4.78 is 5.18. The Bertz CT molecular complexity index is 1030. The normalized spacial score (nSPS) is 13.4. The number of carboxylic acid groups (broad SMARTS) is 1. The van der Waals surface area contributed by atoms with Gasteiger partial charge in [-0.15, -0.1) is 0 Å². The molecule has 0 aliphatic rings. The molecule has 0 heterocycles. The van der Waals surface area contributed by atoms with Gasteiger partial charge in [0, 0.05) is 11.3 Å². The second-order valence-electron chi connectivity index (χ2n) is 8.66. The minimum atomic E-state index is -1.47. The lowest BCUT2D eigenvalue weighted by atomic mass is 9.70. The summed E-state index contributed by atoms with van der Waals surface area (Å²) in [6.45, 7) is 7.73. The maximum atomic E-state index is 12.9. The fourth-order valence-electron chi connectivity index (χ4n) is 3.52. The van der Waals surface area contributed by atoms with E-state index in [4.69, 9.17) is 10.5 Å². The van der Waals surface area contributed by atoms with E-state index in [0.29, 0.717) is 25.1 Å². The molecular weight excluding hydrogens is 414 g/mol. The highest BCUT2D eigenvalue weighted by Gasteiger charge is 2.49. The van der Waals surface area contributed by atoms with E-state index in [1.165, 1.54) is 12.1 Å². The molecule has 0 aliphatic heterocycles. The molecule has 174 valence electrons. The summed E-state index contributed by atoms with van der Waals surface area (Å²) in [5.41, 5.74) is 2.82. The maximum Gasteiger partial charge on any atom is 0.329 e. The predicted octanol–water partition coefficient (Wildman–Crippen LogP) is 2.15. The fraction of sp³-hybridized carbons (Fsp3) is 0.478. The van der Waals surface area contributed by atoms with E-state index >= 15 is 0 Å². The number of benzene rings is 1. The van der Waals surface area contributed by atoms with Crippen LogP contribution in [-0.2, 0) is 4.79 Å². The molecule has 2 rings (SSSR count). The van der Waals surface area contributed by atoms with Gasteiger partial charge in [-0.05, 0) is 62.4 Å². The quantitative estimate of drug-likeness (QED) is 0.304. The zero-order chi connectivity index (χ0) is 24.1. The van der Waals surface area contributed by atoms with Gasteiger partial charge in [0.2, 0.25) is 0 Å². The van der Waals surface area contributed by atoms with Crippen LogP contribution in [0.4, 0.5) is 11.4 Å². The van der Waals surface area contributed by atoms with Gasteiger partial charge < -0.3 is 26.2 Å². The highest BCUT2D eigenvalue weighted by atomic mass is 16.5. The lowest BCUT2D eigenvalue weighted by molar-refractivity contribution is -0.150. The molecule has 0 bridgehead atoms. The Kier molecular flexibility index (Phi) is 7.79. The molecular formula is C23H31N3O6. The van der Waals surface area contributed by atoms with Gasteiger partial charge in [0.05, 0.1) is 6.61 Å². The van der Waals surface area contributed by atoms with E-state index in [0.717, 1.165) is 0 Å². The topological polar surface area (TPSA) is 148 Å². The molecule has 9 nitrogen and oxygen atoms in total. The van der Waals surface area contributed by atoms with E-state index < -0.39 is 33.7 Å². The zero-order valence-corrected chi connectivity index (χ0v) is 18.9. The molecule has 9 heteroatoms. The highest BCUT2D eigenvalue weighted by Crippen LogP contribution is 2.35. The Morgan fingerprint density at radius 3 is 2.19 bits per heavy atom. The second-order valence-corrected chi connectivity index (χ2v) is 8.66. The van der Waals surface area contributed by atoms with Crippen molar-refractivity contribution in [2.24, 2.45) is 11.1 Å². The molecule has 1 atom stereocenters. The van der Waals surface area contributed by atoms with Crippen molar-refractivity contribution in [2.75, 3.05) is 18.5 Å². The van der Waals surface area contributed by atoms with Gasteiger partial charge in [-0.3, -0.25) is 14.4 Å². The molecule has 0 spiro atoms. The summed E-state index contributed by atoms with van der Waals surface area (Å²) >= 11 is 0. The lowest BCUT2D eigenvalue weighted by Gasteiger charge is -2.42. The van der Waals surface area contributed by atoms with Gasteiger partial charge in [-0.25, -0.2) is 4.79 Å². The molecule has 2 aromatic carbocycles. The van der Waals surface area contributed by atoms with Crippen LogP contribution in [0.5, 0.6) is 5.75 Å². The number of aliphatic carboxylic acids is 1. The molecule has 2 aromatic rings. The van der Waals surface area contributed by atoms with Crippen LogP contribution in [0.1, 0.15) is 57.3 Å². The molecule has 0 radical (unpaired) electrons. The number of rotatable bonds is 11. The standard InChI is InChI=1S/C23H31N3O6/c1-5-32-19-16(17(27)18(19)28)25-15-10-8-14(9-11-15)20(29)26-23(21(30)31,22(2,3)4)12-6-7-13-24/h8-11,25H,5-7,12-13,24H2,1-4H3,(H,26,29)(H,30,31)/t23-/m1/s1. The lowest BCUT2D eigenvalue weighted by Crippen LogP contribution is -2.62. The Labute approximate surface area is 186 Å². The number of anilines is 2. The van der Waals surface area contributed by atoms with Gasteiger partial charge in [0.1, 0.15) is 11.2 Å². The van der Waals surface area contributed by atoms with Crippen LogP contribution in [0.2, 0.25) is 0 Å². The monoisotopic (exact) mass is 445 g/mol. The number of carboxylic acids is 1. The Balaban J connectivity index is 2.22. The van der Waals surface area contributed by atoms with E-state index in [2.05, 4.69) is 10.6 Å². The number of ether oxygens (including phenoxy) is 1. The summed E-state index contributed by atoms with van der Waals surface area (Å²) in [5.74, 6) is -1.63. The summed E-state index contributed by atoms with van der Waals surface area (Å²) in [7, 11) is 0. The fourth-order valence-corrected chi connectivity index (χ4v) is 3.52. The van der Waals surface area contributed by atoms with Crippen molar-refractivity contribution in [1.82, 2.24) is 5.32 Å². The average molecular weight is 446 g/mol. The molecule has 5 N–H and O–H groups in total. The highest BCUT2D eigenvalue weighted by molar-refractivity contribution is 5.98. The second kappa shape index (κ2) is 9.95. The van der Waals surface area contributed by atoms with Crippen LogP contribution >= 0.6 is 0 Å². The third kappa shape index (κ3) is 4.99. The Hall–Kier alpha value is -3.20. The number of hydrogen-bond donors (Lipinski definition) is 4. The molecule has 0 fully saturated rings. The molecule has 32 heavy (non-hydrogen) atoms. The first-order chi connectivity index (χ1) is 15.0. The van der Waals surface area contributed by atoms with Crippen molar-refractivity contribution in [3.63, 3.8) is 0 Å². The zero-order valence-electron chi connectivity index (χ0n) is 18.9. The number of nitrogens with two attached hydrogens (primary N) is 1. The first-order valence-corrected chi connectivity index (χ1v) is 10.6. The van der Waals surface area contributed by atoms with E-state index in [1.54, 1.807) is 39.8 Å². The SMILES string of the molecule is CCOc1c(Nc2ccc(C(=O)N[C@](CCCCN)(C(=O)O)C(C)(C)C)cc2)c(=O)c1=O. The van der Waals surface area contributed by atoms with Gasteiger partial charge in [-0.2, -0.15) is 0 Å². The van der Waals surface area contributed by atoms with Crippen molar-refractivity contribution >= 4 is 23.3 Å². The van der Waals surface area contributed by atoms with Crippen molar-refractivity contribution in [2.45, 2.75) is 52.5 Å².